The van der Waals surface area contributed by atoms with Gasteiger partial charge in [-0.1, -0.05) is 11.6 Å². The molecule has 0 radical (unpaired) electrons. The first-order valence-corrected chi connectivity index (χ1v) is 10.8. The van der Waals surface area contributed by atoms with E-state index in [0.29, 0.717) is 24.5 Å². The molecule has 0 aliphatic carbocycles. The number of hydrogen-bond donors (Lipinski definition) is 0. The van der Waals surface area contributed by atoms with E-state index in [0.717, 1.165) is 47.9 Å². The third-order valence-electron chi connectivity index (χ3n) is 5.98. The zero-order chi connectivity index (χ0) is 21.4. The predicted octanol–water partition coefficient (Wildman–Crippen LogP) is 2.78. The maximum absolute atomic E-state index is 13.0. The van der Waals surface area contributed by atoms with E-state index >= 15 is 0 Å². The molecule has 5 rings (SSSR count). The lowest BCUT2D eigenvalue weighted by Gasteiger charge is -2.35. The summed E-state index contributed by atoms with van der Waals surface area (Å²) in [6, 6.07) is 11.6. The minimum Gasteiger partial charge on any atom is -0.480 e. The minimum absolute atomic E-state index is 0.0615. The van der Waals surface area contributed by atoms with Crippen LogP contribution in [0, 0.1) is 0 Å². The van der Waals surface area contributed by atoms with Crippen molar-refractivity contribution in [1.82, 2.24) is 24.6 Å². The number of ether oxygens (including phenoxy) is 1. The molecular weight excluding hydrogens is 414 g/mol. The molecule has 0 unspecified atom stereocenters. The molecule has 1 aromatic carbocycles. The van der Waals surface area contributed by atoms with Gasteiger partial charge in [0.2, 0.25) is 0 Å². The number of aryl methyl sites for hydroxylation is 1. The highest BCUT2D eigenvalue weighted by Crippen LogP contribution is 2.32. The SMILES string of the molecule is Cn1nc(-c2cccnc2)cc1CN1CCN(C(=O)[C@H]2Cc3cc(Cl)ccc3O2)CC1. The number of benzene rings is 1. The van der Waals surface area contributed by atoms with E-state index in [9.17, 15) is 4.79 Å². The van der Waals surface area contributed by atoms with Crippen LogP contribution in [-0.4, -0.2) is 62.8 Å². The standard InChI is InChI=1S/C23H24ClN5O2/c1-27-19(13-20(26-27)16-3-2-6-25-14-16)15-28-7-9-29(10-8-28)23(30)22-12-17-11-18(24)4-5-21(17)31-22/h2-6,11,13-14,22H,7-10,12,15H2,1H3/t22-/m1/s1. The summed E-state index contributed by atoms with van der Waals surface area (Å²) in [6.07, 6.45) is 3.73. The Morgan fingerprint density at radius 3 is 2.81 bits per heavy atom. The number of amides is 1. The molecule has 1 amide bonds. The van der Waals surface area contributed by atoms with Gasteiger partial charge in [-0.25, -0.2) is 0 Å². The molecule has 160 valence electrons. The monoisotopic (exact) mass is 437 g/mol. The second-order valence-corrected chi connectivity index (χ2v) is 8.49. The topological polar surface area (TPSA) is 63.5 Å². The lowest BCUT2D eigenvalue weighted by molar-refractivity contribution is -0.139. The Kier molecular flexibility index (Phi) is 5.38. The van der Waals surface area contributed by atoms with Gasteiger partial charge in [0.15, 0.2) is 6.10 Å². The molecule has 8 heteroatoms. The Bertz CT molecular complexity index is 1090. The third kappa shape index (κ3) is 4.16. The molecule has 0 N–H and O–H groups in total. The lowest BCUT2D eigenvalue weighted by Crippen LogP contribution is -2.52. The Morgan fingerprint density at radius 1 is 1.19 bits per heavy atom. The van der Waals surface area contributed by atoms with E-state index in [4.69, 9.17) is 16.3 Å². The van der Waals surface area contributed by atoms with Gasteiger partial charge in [0.25, 0.3) is 5.91 Å². The molecule has 2 aromatic heterocycles. The van der Waals surface area contributed by atoms with Crippen LogP contribution < -0.4 is 4.74 Å². The van der Waals surface area contributed by atoms with Gasteiger partial charge >= 0.3 is 0 Å². The van der Waals surface area contributed by atoms with E-state index in [1.807, 2.05) is 47.1 Å². The van der Waals surface area contributed by atoms with Gasteiger partial charge in [0.1, 0.15) is 5.75 Å². The predicted molar refractivity (Wildman–Crippen MR) is 118 cm³/mol. The molecule has 0 bridgehead atoms. The summed E-state index contributed by atoms with van der Waals surface area (Å²) in [5.74, 6) is 0.827. The highest BCUT2D eigenvalue weighted by molar-refractivity contribution is 6.30. The van der Waals surface area contributed by atoms with Crippen molar-refractivity contribution in [2.45, 2.75) is 19.1 Å². The maximum atomic E-state index is 13.0. The number of nitrogens with zero attached hydrogens (tertiary/aromatic N) is 5. The first kappa shape index (κ1) is 20.0. The van der Waals surface area contributed by atoms with Crippen LogP contribution in [0.1, 0.15) is 11.3 Å². The average Bonchev–Trinajstić information content (AvgIpc) is 3.37. The number of halogens is 1. The summed E-state index contributed by atoms with van der Waals surface area (Å²) in [7, 11) is 1.97. The summed E-state index contributed by atoms with van der Waals surface area (Å²) < 4.78 is 7.80. The van der Waals surface area contributed by atoms with Gasteiger partial charge in [-0.3, -0.25) is 19.4 Å². The second kappa shape index (κ2) is 8.32. The summed E-state index contributed by atoms with van der Waals surface area (Å²) in [5, 5.41) is 5.30. The summed E-state index contributed by atoms with van der Waals surface area (Å²) in [4.78, 5) is 21.4. The van der Waals surface area contributed by atoms with E-state index in [1.54, 1.807) is 12.3 Å². The fourth-order valence-electron chi connectivity index (χ4n) is 4.22. The van der Waals surface area contributed by atoms with Crippen molar-refractivity contribution in [3.63, 3.8) is 0 Å². The Labute approximate surface area is 186 Å². The van der Waals surface area contributed by atoms with Crippen LogP contribution in [0.3, 0.4) is 0 Å². The van der Waals surface area contributed by atoms with Gasteiger partial charge in [0, 0.05) is 69.2 Å². The highest BCUT2D eigenvalue weighted by Gasteiger charge is 2.34. The molecule has 3 aromatic rings. The normalized spacial score (nSPS) is 18.6. The molecule has 1 saturated heterocycles. The molecule has 4 heterocycles. The molecule has 0 spiro atoms. The smallest absolute Gasteiger partial charge is 0.264 e. The van der Waals surface area contributed by atoms with Crippen LogP contribution in [0.15, 0.2) is 48.8 Å². The third-order valence-corrected chi connectivity index (χ3v) is 6.21. The molecule has 31 heavy (non-hydrogen) atoms. The molecule has 2 aliphatic heterocycles. The van der Waals surface area contributed by atoms with E-state index < -0.39 is 6.10 Å². The fourth-order valence-corrected chi connectivity index (χ4v) is 4.42. The van der Waals surface area contributed by atoms with E-state index in [2.05, 4.69) is 21.0 Å². The lowest BCUT2D eigenvalue weighted by atomic mass is 10.1. The van der Waals surface area contributed by atoms with Crippen LogP contribution in [0.2, 0.25) is 5.02 Å². The number of carbonyl (C=O) groups is 1. The van der Waals surface area contributed by atoms with Crippen molar-refractivity contribution in [1.29, 1.82) is 0 Å². The summed E-state index contributed by atoms with van der Waals surface area (Å²) >= 11 is 6.06. The Morgan fingerprint density at radius 2 is 2.03 bits per heavy atom. The molecule has 7 nitrogen and oxygen atoms in total. The zero-order valence-electron chi connectivity index (χ0n) is 17.4. The van der Waals surface area contributed by atoms with Gasteiger partial charge in [-0.2, -0.15) is 5.10 Å². The van der Waals surface area contributed by atoms with Crippen molar-refractivity contribution in [2.75, 3.05) is 26.2 Å². The van der Waals surface area contributed by atoms with Crippen molar-refractivity contribution in [3.8, 4) is 17.0 Å². The van der Waals surface area contributed by atoms with Gasteiger partial charge in [-0.05, 0) is 42.0 Å². The number of aromatic nitrogens is 3. The molecule has 2 aliphatic rings. The molecule has 1 fully saturated rings. The van der Waals surface area contributed by atoms with Gasteiger partial charge in [-0.15, -0.1) is 0 Å². The molecule has 1 atom stereocenters. The van der Waals surface area contributed by atoms with Crippen molar-refractivity contribution >= 4 is 17.5 Å². The first-order valence-electron chi connectivity index (χ1n) is 10.5. The zero-order valence-corrected chi connectivity index (χ0v) is 18.1. The van der Waals surface area contributed by atoms with E-state index in [-0.39, 0.29) is 5.91 Å². The van der Waals surface area contributed by atoms with Crippen LogP contribution in [0.25, 0.3) is 11.3 Å². The van der Waals surface area contributed by atoms with Crippen molar-refractivity contribution < 1.29 is 9.53 Å². The highest BCUT2D eigenvalue weighted by atomic mass is 35.5. The van der Waals surface area contributed by atoms with Crippen molar-refractivity contribution in [2.24, 2.45) is 7.05 Å². The van der Waals surface area contributed by atoms with Crippen molar-refractivity contribution in [3.05, 3.63) is 65.1 Å². The number of hydrogen-bond acceptors (Lipinski definition) is 5. The summed E-state index contributed by atoms with van der Waals surface area (Å²) in [5.41, 5.74) is 4.09. The Hall–Kier alpha value is -2.90. The van der Waals surface area contributed by atoms with Crippen LogP contribution >= 0.6 is 11.6 Å². The molecular formula is C23H24ClN5O2. The maximum Gasteiger partial charge on any atom is 0.264 e. The van der Waals surface area contributed by atoms with Gasteiger partial charge < -0.3 is 9.64 Å². The average molecular weight is 438 g/mol. The first-order chi connectivity index (χ1) is 15.1. The largest absolute Gasteiger partial charge is 0.480 e. The number of pyridine rings is 1. The number of rotatable bonds is 4. The summed E-state index contributed by atoms with van der Waals surface area (Å²) in [6.45, 7) is 3.84. The van der Waals surface area contributed by atoms with E-state index in [1.165, 1.54) is 0 Å². The second-order valence-electron chi connectivity index (χ2n) is 8.05. The quantitative estimate of drug-likeness (QED) is 0.628. The van der Waals surface area contributed by atoms with Crippen LogP contribution in [0.5, 0.6) is 5.75 Å². The van der Waals surface area contributed by atoms with Crippen LogP contribution in [0.4, 0.5) is 0 Å². The number of fused-ring (bicyclic) bond motifs is 1. The fraction of sp³-hybridized carbons (Fsp3) is 0.348. The molecule has 0 saturated carbocycles. The minimum atomic E-state index is -0.445. The number of piperazine rings is 1. The Balaban J connectivity index is 1.17. The van der Waals surface area contributed by atoms with Crippen LogP contribution in [-0.2, 0) is 24.8 Å². The van der Waals surface area contributed by atoms with Gasteiger partial charge in [0.05, 0.1) is 11.4 Å². The number of carbonyl (C=O) groups excluding carboxylic acids is 1.